The molecule has 0 radical (unpaired) electrons. The van der Waals surface area contributed by atoms with Crippen molar-refractivity contribution in [3.05, 3.63) is 23.8 Å². The Morgan fingerprint density at radius 2 is 2.05 bits per heavy atom. The lowest BCUT2D eigenvalue weighted by atomic mass is 10.2. The molecule has 6 heteroatoms. The van der Waals surface area contributed by atoms with Gasteiger partial charge in [0, 0.05) is 11.8 Å². The molecule has 1 aromatic carbocycles. The number of rotatable bonds is 4. The first kappa shape index (κ1) is 16.4. The molecular weight excluding hydrogens is 248 g/mol. The number of nitrogens with zero attached hydrogens (tertiary/aromatic N) is 1. The molecule has 0 aromatic heterocycles. The molecule has 0 unspecified atom stereocenters. The molecule has 1 aromatic rings. The maximum atomic E-state index is 9.87. The molecule has 1 rings (SSSR count). The molecule has 0 bridgehead atoms. The van der Waals surface area contributed by atoms with Crippen LogP contribution in [0.2, 0.25) is 0 Å². The molecule has 102 valence electrons. The number of carboxylic acids is 1. The van der Waals surface area contributed by atoms with Crippen molar-refractivity contribution in [2.75, 3.05) is 12.3 Å². The lowest BCUT2D eigenvalue weighted by Gasteiger charge is -2.03. The molecule has 0 spiro atoms. The number of benzene rings is 1. The largest absolute Gasteiger partial charge is 0.494 e. The van der Waals surface area contributed by atoms with Gasteiger partial charge >= 0.3 is 5.97 Å². The predicted octanol–water partition coefficient (Wildman–Crippen LogP) is 1.59. The zero-order chi connectivity index (χ0) is 14.8. The average molecular weight is 264 g/mol. The summed E-state index contributed by atoms with van der Waals surface area (Å²) in [4.78, 5) is 19.5. The number of ether oxygens (including phenoxy) is 1. The summed E-state index contributed by atoms with van der Waals surface area (Å²) in [5.41, 5.74) is 6.61. The summed E-state index contributed by atoms with van der Waals surface area (Å²) in [5, 5.41) is 16.5. The van der Waals surface area contributed by atoms with Crippen molar-refractivity contribution in [2.24, 2.45) is 0 Å². The third-order valence-electron chi connectivity index (χ3n) is 1.77. The van der Waals surface area contributed by atoms with Gasteiger partial charge in [0.2, 0.25) is 0 Å². The van der Waals surface area contributed by atoms with Crippen LogP contribution < -0.4 is 10.5 Å². The number of nitriles is 1. The van der Waals surface area contributed by atoms with Crippen LogP contribution in [0.5, 0.6) is 5.75 Å². The minimum absolute atomic E-state index is 0.312. The first-order valence-electron chi connectivity index (χ1n) is 5.53. The first-order chi connectivity index (χ1) is 8.88. The van der Waals surface area contributed by atoms with Gasteiger partial charge in [0.15, 0.2) is 0 Å². The van der Waals surface area contributed by atoms with Gasteiger partial charge in [-0.1, -0.05) is 0 Å². The lowest BCUT2D eigenvalue weighted by Crippen LogP contribution is -2.00. The van der Waals surface area contributed by atoms with E-state index >= 15 is 0 Å². The van der Waals surface area contributed by atoms with Crippen molar-refractivity contribution in [1.29, 1.82) is 5.26 Å². The van der Waals surface area contributed by atoms with Crippen LogP contribution in [0, 0.1) is 11.3 Å². The Morgan fingerprint density at radius 1 is 1.42 bits per heavy atom. The number of Topliss-reactive ketones (excluding diaryl/α,β-unsaturated/α-hetero) is 1. The standard InChI is InChI=1S/C9H10N2O.C4H6O3/c1-2-12-9-4-7(6-10)3-8(11)5-9;1-3(5)2-4(6)7/h3-5H,2,11H2,1H3;2H2,1H3,(H,6,7). The van der Waals surface area contributed by atoms with E-state index in [9.17, 15) is 9.59 Å². The van der Waals surface area contributed by atoms with Gasteiger partial charge in [-0.05, 0) is 26.0 Å². The van der Waals surface area contributed by atoms with Crippen molar-refractivity contribution in [1.82, 2.24) is 0 Å². The van der Waals surface area contributed by atoms with Crippen molar-refractivity contribution in [3.63, 3.8) is 0 Å². The summed E-state index contributed by atoms with van der Waals surface area (Å²) in [7, 11) is 0. The van der Waals surface area contributed by atoms with Crippen molar-refractivity contribution < 1.29 is 19.4 Å². The fraction of sp³-hybridized carbons (Fsp3) is 0.308. The van der Waals surface area contributed by atoms with E-state index in [1.807, 2.05) is 13.0 Å². The molecule has 6 nitrogen and oxygen atoms in total. The van der Waals surface area contributed by atoms with E-state index in [-0.39, 0.29) is 12.2 Å². The van der Waals surface area contributed by atoms with Crippen LogP contribution >= 0.6 is 0 Å². The summed E-state index contributed by atoms with van der Waals surface area (Å²) in [5.74, 6) is -0.728. The zero-order valence-electron chi connectivity index (χ0n) is 10.8. The van der Waals surface area contributed by atoms with Crippen LogP contribution in [0.25, 0.3) is 0 Å². The second-order valence-electron chi connectivity index (χ2n) is 3.61. The lowest BCUT2D eigenvalue weighted by molar-refractivity contribution is -0.139. The normalized spacial score (nSPS) is 8.68. The SMILES string of the molecule is CC(=O)CC(=O)O.CCOc1cc(N)cc(C#N)c1. The molecule has 0 saturated heterocycles. The Bertz CT molecular complexity index is 480. The average Bonchev–Trinajstić information content (AvgIpc) is 2.27. The maximum absolute atomic E-state index is 9.87. The molecule has 0 aliphatic carbocycles. The number of carboxylic acid groups (broad SMARTS) is 1. The molecule has 0 aliphatic heterocycles. The van der Waals surface area contributed by atoms with Gasteiger partial charge in [-0.2, -0.15) is 5.26 Å². The summed E-state index contributed by atoms with van der Waals surface area (Å²) >= 11 is 0. The molecule has 0 aliphatic rings. The number of ketones is 1. The fourth-order valence-electron chi connectivity index (χ4n) is 1.15. The molecule has 0 saturated carbocycles. The number of carbonyl (C=O) groups excluding carboxylic acids is 1. The van der Waals surface area contributed by atoms with Gasteiger partial charge in [0.05, 0.1) is 18.2 Å². The van der Waals surface area contributed by atoms with Gasteiger partial charge in [0.25, 0.3) is 0 Å². The highest BCUT2D eigenvalue weighted by atomic mass is 16.5. The Labute approximate surface area is 111 Å². The van der Waals surface area contributed by atoms with Gasteiger partial charge in [-0.3, -0.25) is 9.59 Å². The van der Waals surface area contributed by atoms with Crippen molar-refractivity contribution >= 4 is 17.4 Å². The Morgan fingerprint density at radius 3 is 2.42 bits per heavy atom. The summed E-state index contributed by atoms with van der Waals surface area (Å²) in [6.45, 7) is 3.71. The smallest absolute Gasteiger partial charge is 0.310 e. The van der Waals surface area contributed by atoms with E-state index in [0.29, 0.717) is 23.6 Å². The Kier molecular flexibility index (Phi) is 7.38. The molecule has 19 heavy (non-hydrogen) atoms. The zero-order valence-corrected chi connectivity index (χ0v) is 10.8. The molecule has 0 atom stereocenters. The van der Waals surface area contributed by atoms with Crippen LogP contribution in [0.3, 0.4) is 0 Å². The number of hydrogen-bond donors (Lipinski definition) is 2. The van der Waals surface area contributed by atoms with E-state index in [1.165, 1.54) is 6.92 Å². The molecule has 0 amide bonds. The number of nitrogens with two attached hydrogens (primary N) is 1. The molecule has 0 heterocycles. The Hall–Kier alpha value is -2.55. The highest BCUT2D eigenvalue weighted by Crippen LogP contribution is 2.17. The summed E-state index contributed by atoms with van der Waals surface area (Å²) in [6, 6.07) is 6.99. The number of hydrogen-bond acceptors (Lipinski definition) is 5. The number of carbonyl (C=O) groups is 2. The van der Waals surface area contributed by atoms with Crippen LogP contribution in [-0.2, 0) is 9.59 Å². The number of nitrogen functional groups attached to an aromatic ring is 1. The highest BCUT2D eigenvalue weighted by molar-refractivity contribution is 5.93. The van der Waals surface area contributed by atoms with Crippen molar-refractivity contribution in [3.8, 4) is 11.8 Å². The first-order valence-corrected chi connectivity index (χ1v) is 5.53. The Balaban J connectivity index is 0.000000399. The van der Waals surface area contributed by atoms with Crippen LogP contribution in [0.1, 0.15) is 25.8 Å². The quantitative estimate of drug-likeness (QED) is 0.630. The maximum Gasteiger partial charge on any atom is 0.310 e. The molecule has 0 fully saturated rings. The topological polar surface area (TPSA) is 113 Å². The third-order valence-corrected chi connectivity index (χ3v) is 1.77. The van der Waals surface area contributed by atoms with Gasteiger partial charge in [0.1, 0.15) is 18.0 Å². The monoisotopic (exact) mass is 264 g/mol. The van der Waals surface area contributed by atoms with Crippen LogP contribution in [-0.4, -0.2) is 23.5 Å². The van der Waals surface area contributed by atoms with E-state index in [2.05, 4.69) is 0 Å². The van der Waals surface area contributed by atoms with Crippen LogP contribution in [0.15, 0.2) is 18.2 Å². The second kappa shape index (κ2) is 8.53. The summed E-state index contributed by atoms with van der Waals surface area (Å²) in [6.07, 6.45) is -0.361. The third kappa shape index (κ3) is 8.21. The molecule has 3 N–H and O–H groups in total. The van der Waals surface area contributed by atoms with E-state index in [4.69, 9.17) is 20.8 Å². The van der Waals surface area contributed by atoms with Crippen LogP contribution in [0.4, 0.5) is 5.69 Å². The van der Waals surface area contributed by atoms with Gasteiger partial charge in [-0.25, -0.2) is 0 Å². The van der Waals surface area contributed by atoms with E-state index < -0.39 is 5.97 Å². The fourth-order valence-corrected chi connectivity index (χ4v) is 1.15. The molecular formula is C13H16N2O4. The highest BCUT2D eigenvalue weighted by Gasteiger charge is 1.98. The van der Waals surface area contributed by atoms with Gasteiger partial charge < -0.3 is 15.6 Å². The minimum atomic E-state index is -1.06. The van der Waals surface area contributed by atoms with E-state index in [1.54, 1.807) is 18.2 Å². The second-order valence-corrected chi connectivity index (χ2v) is 3.61. The minimum Gasteiger partial charge on any atom is -0.494 e. The summed E-state index contributed by atoms with van der Waals surface area (Å²) < 4.78 is 5.20. The van der Waals surface area contributed by atoms with Crippen molar-refractivity contribution in [2.45, 2.75) is 20.3 Å². The predicted molar refractivity (Wildman–Crippen MR) is 69.7 cm³/mol. The number of aliphatic carboxylic acids is 1. The van der Waals surface area contributed by atoms with Gasteiger partial charge in [-0.15, -0.1) is 0 Å². The number of anilines is 1. The van der Waals surface area contributed by atoms with E-state index in [0.717, 1.165) is 0 Å².